The quantitative estimate of drug-likeness (QED) is 0.323. The second-order valence-corrected chi connectivity index (χ2v) is 5.21. The number of carbonyl (C=O) groups excluding carboxylic acids is 4. The highest BCUT2D eigenvalue weighted by molar-refractivity contribution is 5.68. The van der Waals surface area contributed by atoms with Crippen LogP contribution in [0.2, 0.25) is 0 Å². The van der Waals surface area contributed by atoms with E-state index in [1.54, 1.807) is 0 Å². The van der Waals surface area contributed by atoms with E-state index in [2.05, 4.69) is 6.58 Å². The minimum atomic E-state index is -1.56. The summed E-state index contributed by atoms with van der Waals surface area (Å²) in [7, 11) is 0. The molecule has 0 aromatic rings. The van der Waals surface area contributed by atoms with Crippen molar-refractivity contribution in [2.24, 2.45) is 0 Å². The number of hydrogen-bond donors (Lipinski definition) is 0. The first-order chi connectivity index (χ1) is 14.8. The molecule has 5 atom stereocenters. The van der Waals surface area contributed by atoms with Gasteiger partial charge in [0.1, 0.15) is 12.7 Å². The molecule has 0 saturated carbocycles. The smallest absolute Gasteiger partial charge is 0.303 e. The van der Waals surface area contributed by atoms with Crippen molar-refractivity contribution in [3.8, 4) is 0 Å². The molecular formula is C17H24O10. The Kier molecular flexibility index (Phi) is 6.57. The maximum absolute atomic E-state index is 11.8. The summed E-state index contributed by atoms with van der Waals surface area (Å²) in [5, 5.41) is 0. The highest BCUT2D eigenvalue weighted by Crippen LogP contribution is 2.29. The molecule has 10 heteroatoms. The predicted molar refractivity (Wildman–Crippen MR) is 88.1 cm³/mol. The van der Waals surface area contributed by atoms with Gasteiger partial charge in [0.15, 0.2) is 24.6 Å². The third kappa shape index (κ3) is 7.35. The van der Waals surface area contributed by atoms with E-state index in [1.165, 1.54) is 6.08 Å². The van der Waals surface area contributed by atoms with Crippen LogP contribution < -0.4 is 0 Å². The highest BCUT2D eigenvalue weighted by Gasteiger charge is 2.52. The molecular weight excluding hydrogens is 364 g/mol. The second-order valence-electron chi connectivity index (χ2n) is 5.21. The van der Waals surface area contributed by atoms with Gasteiger partial charge in [0.2, 0.25) is 0 Å². The van der Waals surface area contributed by atoms with Crippen LogP contribution in [0, 0.1) is 0 Å². The molecule has 1 rings (SSSR count). The normalized spacial score (nSPS) is 29.1. The van der Waals surface area contributed by atoms with Crippen LogP contribution in [0.25, 0.3) is 0 Å². The summed E-state index contributed by atoms with van der Waals surface area (Å²) in [5.74, 6) is -4.05. The summed E-state index contributed by atoms with van der Waals surface area (Å²) < 4.78 is 59.8. The molecule has 1 fully saturated rings. The van der Waals surface area contributed by atoms with Gasteiger partial charge in [-0.05, 0) is 0 Å². The first-order valence-corrected chi connectivity index (χ1v) is 7.60. The summed E-state index contributed by atoms with van der Waals surface area (Å²) in [5.41, 5.74) is 0. The molecule has 0 bridgehead atoms. The monoisotopic (exact) mass is 392 g/mol. The largest absolute Gasteiger partial charge is 0.463 e. The average Bonchev–Trinajstić information content (AvgIpc) is 2.78. The standard InChI is InChI=1S/C17H24O10/c1-6-7-22-17-16(26-12(5)21)15(25-11(4)20)14(24-10(3)19)13(27-17)8-23-9(2)18/h6,13-17H,1,7-8H2,2-5H3/t13-,14-,15+,16+,17?/m1/s1/i2D,3D,4D,5D. The molecule has 152 valence electrons. The van der Waals surface area contributed by atoms with E-state index in [4.69, 9.17) is 33.9 Å². The maximum Gasteiger partial charge on any atom is 0.303 e. The number of ether oxygens (including phenoxy) is 6. The SMILES string of the molecule is [2H]CC(=O)OC[C@H]1OC(OCC=C)[C@@H](OC(=O)C[2H])[C@@H](OC(=O)C[2H])[C@@H]1OC(=O)C[2H]. The first kappa shape index (κ1) is 16.7. The van der Waals surface area contributed by atoms with Crippen LogP contribution in [0.3, 0.4) is 0 Å². The Morgan fingerprint density at radius 1 is 0.926 bits per heavy atom. The van der Waals surface area contributed by atoms with Gasteiger partial charge in [-0.2, -0.15) is 0 Å². The highest BCUT2D eigenvalue weighted by atomic mass is 16.7. The van der Waals surface area contributed by atoms with Gasteiger partial charge in [-0.25, -0.2) is 0 Å². The Morgan fingerprint density at radius 3 is 2.04 bits per heavy atom. The van der Waals surface area contributed by atoms with Crippen LogP contribution in [-0.4, -0.2) is 67.8 Å². The Balaban J connectivity index is 3.34. The molecule has 0 N–H and O–H groups in total. The van der Waals surface area contributed by atoms with Gasteiger partial charge >= 0.3 is 23.9 Å². The average molecular weight is 392 g/mol. The van der Waals surface area contributed by atoms with Gasteiger partial charge in [0, 0.05) is 33.1 Å². The fourth-order valence-electron chi connectivity index (χ4n) is 2.34. The lowest BCUT2D eigenvalue weighted by Crippen LogP contribution is -2.62. The number of esters is 4. The predicted octanol–water partition coefficient (Wildman–Crippen LogP) is 0.272. The van der Waals surface area contributed by atoms with E-state index in [0.29, 0.717) is 0 Å². The third-order valence-corrected chi connectivity index (χ3v) is 3.18. The lowest BCUT2D eigenvalue weighted by atomic mass is 9.98. The van der Waals surface area contributed by atoms with Gasteiger partial charge < -0.3 is 28.4 Å². The van der Waals surface area contributed by atoms with E-state index in [0.717, 1.165) is 0 Å². The molecule has 0 aromatic heterocycles. The molecule has 1 heterocycles. The Morgan fingerprint density at radius 2 is 1.48 bits per heavy atom. The van der Waals surface area contributed by atoms with Crippen molar-refractivity contribution >= 4 is 23.9 Å². The fraction of sp³-hybridized carbons (Fsp3) is 0.647. The minimum absolute atomic E-state index is 0.102. The summed E-state index contributed by atoms with van der Waals surface area (Å²) in [6.07, 6.45) is -5.96. The van der Waals surface area contributed by atoms with Gasteiger partial charge in [0.25, 0.3) is 0 Å². The number of rotatable bonds is 8. The van der Waals surface area contributed by atoms with Crippen molar-refractivity contribution in [3.05, 3.63) is 12.7 Å². The topological polar surface area (TPSA) is 124 Å². The van der Waals surface area contributed by atoms with Crippen LogP contribution in [0.4, 0.5) is 0 Å². The second kappa shape index (κ2) is 10.6. The van der Waals surface area contributed by atoms with Gasteiger partial charge in [-0.1, -0.05) is 6.08 Å². The first-order valence-electron chi connectivity index (χ1n) is 10.4. The molecule has 10 nitrogen and oxygen atoms in total. The zero-order valence-corrected chi connectivity index (χ0v) is 14.5. The lowest BCUT2D eigenvalue weighted by molar-refractivity contribution is -0.305. The molecule has 1 unspecified atom stereocenters. The summed E-state index contributed by atoms with van der Waals surface area (Å²) >= 11 is 0. The van der Waals surface area contributed by atoms with Gasteiger partial charge in [0.05, 0.1) is 6.61 Å². The maximum atomic E-state index is 11.8. The molecule has 0 amide bonds. The Bertz CT molecular complexity index is 646. The Hall–Kier alpha value is -2.46. The molecule has 0 aliphatic carbocycles. The van der Waals surface area contributed by atoms with Crippen molar-refractivity contribution in [2.45, 2.75) is 58.3 Å². The number of carbonyl (C=O) groups is 4. The van der Waals surface area contributed by atoms with Crippen LogP contribution in [0.1, 0.15) is 33.1 Å². The van der Waals surface area contributed by atoms with Crippen LogP contribution in [-0.2, 0) is 47.6 Å². The van der Waals surface area contributed by atoms with Gasteiger partial charge in [-0.15, -0.1) is 6.58 Å². The fourth-order valence-corrected chi connectivity index (χ4v) is 2.34. The van der Waals surface area contributed by atoms with Crippen LogP contribution >= 0.6 is 0 Å². The van der Waals surface area contributed by atoms with Gasteiger partial charge in [-0.3, -0.25) is 19.2 Å². The summed E-state index contributed by atoms with van der Waals surface area (Å²) in [6.45, 7) is -0.270. The molecule has 0 radical (unpaired) electrons. The van der Waals surface area contributed by atoms with Crippen molar-refractivity contribution < 1.29 is 53.1 Å². The molecule has 1 saturated heterocycles. The van der Waals surface area contributed by atoms with E-state index in [-0.39, 0.29) is 6.61 Å². The summed E-state index contributed by atoms with van der Waals surface area (Å²) in [4.78, 5) is 46.8. The van der Waals surface area contributed by atoms with Crippen molar-refractivity contribution in [1.82, 2.24) is 0 Å². The van der Waals surface area contributed by atoms with Crippen LogP contribution in [0.15, 0.2) is 12.7 Å². The minimum Gasteiger partial charge on any atom is -0.463 e. The van der Waals surface area contributed by atoms with E-state index >= 15 is 0 Å². The third-order valence-electron chi connectivity index (χ3n) is 3.18. The van der Waals surface area contributed by atoms with Crippen molar-refractivity contribution in [1.29, 1.82) is 0 Å². The van der Waals surface area contributed by atoms with Crippen molar-refractivity contribution in [2.75, 3.05) is 13.2 Å². The van der Waals surface area contributed by atoms with E-state index < -0.39 is 88.8 Å². The summed E-state index contributed by atoms with van der Waals surface area (Å²) in [6, 6.07) is 0. The molecule has 0 spiro atoms. The number of hydrogen-bond acceptors (Lipinski definition) is 10. The lowest BCUT2D eigenvalue weighted by Gasteiger charge is -2.43. The van der Waals surface area contributed by atoms with Crippen molar-refractivity contribution in [3.63, 3.8) is 0 Å². The van der Waals surface area contributed by atoms with E-state index in [1.807, 2.05) is 0 Å². The van der Waals surface area contributed by atoms with Crippen LogP contribution in [0.5, 0.6) is 0 Å². The Labute approximate surface area is 162 Å². The molecule has 1 aliphatic heterocycles. The van der Waals surface area contributed by atoms with E-state index in [9.17, 15) is 19.2 Å². The molecule has 27 heavy (non-hydrogen) atoms. The zero-order valence-electron chi connectivity index (χ0n) is 18.5. The molecule has 1 aliphatic rings. The zero-order chi connectivity index (χ0) is 23.4. The molecule has 0 aromatic carbocycles.